The Morgan fingerprint density at radius 3 is 2.46 bits per heavy atom. The van der Waals surface area contributed by atoms with E-state index in [2.05, 4.69) is 39.2 Å². The number of rotatable bonds is 6. The fraction of sp³-hybridized carbons (Fsp3) is 0.667. The zero-order chi connectivity index (χ0) is 10.3. The minimum atomic E-state index is 0.467. The summed E-state index contributed by atoms with van der Waals surface area (Å²) in [6, 6.07) is 0. The first-order valence-electron chi connectivity index (χ1n) is 4.86. The molecule has 0 aliphatic carbocycles. The molecule has 0 aliphatic heterocycles. The van der Waals surface area contributed by atoms with Crippen LogP contribution in [0.3, 0.4) is 0 Å². The Hall–Kier alpha value is -0.000519. The van der Waals surface area contributed by atoms with E-state index < -0.39 is 0 Å². The molecule has 0 aromatic rings. The maximum atomic E-state index is 3.76. The van der Waals surface area contributed by atoms with Crippen LogP contribution in [0.2, 0.25) is 10.1 Å². The van der Waals surface area contributed by atoms with Gasteiger partial charge in [-0.2, -0.15) is 0 Å². The van der Waals surface area contributed by atoms with Gasteiger partial charge in [-0.25, -0.2) is 0 Å². The van der Waals surface area contributed by atoms with E-state index in [0.29, 0.717) is 19.3 Å². The van der Waals surface area contributed by atoms with Gasteiger partial charge in [0, 0.05) is 0 Å². The molecule has 0 bridgehead atoms. The van der Waals surface area contributed by atoms with Crippen molar-refractivity contribution in [2.45, 2.75) is 50.2 Å². The monoisotopic (exact) mass is 246 g/mol. The van der Waals surface area contributed by atoms with Gasteiger partial charge in [-0.1, -0.05) is 0 Å². The van der Waals surface area contributed by atoms with Crippen molar-refractivity contribution in [3.8, 4) is 0 Å². The van der Waals surface area contributed by atoms with E-state index >= 15 is 0 Å². The van der Waals surface area contributed by atoms with Gasteiger partial charge in [-0.15, -0.1) is 0 Å². The quantitative estimate of drug-likeness (QED) is 0.373. The summed E-state index contributed by atoms with van der Waals surface area (Å²) in [6.45, 7) is 10.5. The predicted octanol–water partition coefficient (Wildman–Crippen LogP) is 4.24. The Morgan fingerprint density at radius 2 is 2.08 bits per heavy atom. The topological polar surface area (TPSA) is 0 Å². The Bertz CT molecular complexity index is 178. The molecule has 0 aliphatic rings. The van der Waals surface area contributed by atoms with Crippen molar-refractivity contribution in [3.63, 3.8) is 0 Å². The van der Waals surface area contributed by atoms with Gasteiger partial charge in [0.25, 0.3) is 0 Å². The van der Waals surface area contributed by atoms with Crippen LogP contribution in [0.5, 0.6) is 0 Å². The van der Waals surface area contributed by atoms with Gasteiger partial charge in [0.15, 0.2) is 0 Å². The van der Waals surface area contributed by atoms with Gasteiger partial charge in [0.1, 0.15) is 0 Å². The standard InChI is InChI=1S/C12H22Se/c1-6-7-8-9-12(4,13-5)10-11(2)3/h6,10H,1,7-9H2,2-5H3. The van der Waals surface area contributed by atoms with Crippen molar-refractivity contribution in [2.24, 2.45) is 0 Å². The molecule has 13 heavy (non-hydrogen) atoms. The summed E-state index contributed by atoms with van der Waals surface area (Å²) >= 11 is 0.700. The van der Waals surface area contributed by atoms with Crippen LogP contribution in [0.1, 0.15) is 40.0 Å². The summed E-state index contributed by atoms with van der Waals surface area (Å²) in [5.41, 5.74) is 1.45. The molecular weight excluding hydrogens is 223 g/mol. The normalized spacial score (nSPS) is 14.8. The van der Waals surface area contributed by atoms with Crippen molar-refractivity contribution in [2.75, 3.05) is 0 Å². The molecule has 0 nitrogen and oxygen atoms in total. The molecule has 0 heterocycles. The van der Waals surface area contributed by atoms with Crippen LogP contribution in [-0.2, 0) is 0 Å². The van der Waals surface area contributed by atoms with Crippen LogP contribution in [0.25, 0.3) is 0 Å². The molecular formula is C12H22Se. The van der Waals surface area contributed by atoms with Gasteiger partial charge in [-0.3, -0.25) is 0 Å². The van der Waals surface area contributed by atoms with Crippen molar-refractivity contribution in [1.82, 2.24) is 0 Å². The Morgan fingerprint density at radius 1 is 1.46 bits per heavy atom. The van der Waals surface area contributed by atoms with Crippen LogP contribution in [0.4, 0.5) is 0 Å². The zero-order valence-electron chi connectivity index (χ0n) is 9.39. The third kappa shape index (κ3) is 6.12. The molecule has 0 radical (unpaired) electrons. The molecule has 0 saturated carbocycles. The fourth-order valence-corrected chi connectivity index (χ4v) is 2.91. The van der Waals surface area contributed by atoms with E-state index in [4.69, 9.17) is 0 Å². The summed E-state index contributed by atoms with van der Waals surface area (Å²) in [5, 5.41) is 0. The van der Waals surface area contributed by atoms with E-state index in [9.17, 15) is 0 Å². The van der Waals surface area contributed by atoms with Gasteiger partial charge < -0.3 is 0 Å². The molecule has 0 fully saturated rings. The second-order valence-corrected chi connectivity index (χ2v) is 6.73. The average molecular weight is 245 g/mol. The zero-order valence-corrected chi connectivity index (χ0v) is 11.1. The second kappa shape index (κ2) is 6.45. The van der Waals surface area contributed by atoms with Crippen LogP contribution >= 0.6 is 0 Å². The molecule has 0 aromatic carbocycles. The Labute approximate surface area is 89.7 Å². The molecule has 0 amide bonds. The molecule has 76 valence electrons. The third-order valence-electron chi connectivity index (χ3n) is 2.14. The first kappa shape index (κ1) is 13.0. The summed E-state index contributed by atoms with van der Waals surface area (Å²) in [4.78, 5) is 0. The van der Waals surface area contributed by atoms with E-state index in [1.165, 1.54) is 18.4 Å². The van der Waals surface area contributed by atoms with E-state index in [1.54, 1.807) is 0 Å². The van der Waals surface area contributed by atoms with E-state index in [-0.39, 0.29) is 0 Å². The summed E-state index contributed by atoms with van der Waals surface area (Å²) < 4.78 is 0.467. The first-order chi connectivity index (χ1) is 6.04. The van der Waals surface area contributed by atoms with Crippen LogP contribution < -0.4 is 0 Å². The molecule has 0 aromatic heterocycles. The number of hydrogen-bond acceptors (Lipinski definition) is 0. The molecule has 0 N–H and O–H groups in total. The maximum absolute atomic E-state index is 3.76. The summed E-state index contributed by atoms with van der Waals surface area (Å²) in [7, 11) is 0. The fourth-order valence-electron chi connectivity index (χ4n) is 1.44. The van der Waals surface area contributed by atoms with Crippen molar-refractivity contribution < 1.29 is 0 Å². The van der Waals surface area contributed by atoms with Crippen LogP contribution in [0, 0.1) is 0 Å². The molecule has 1 heteroatoms. The van der Waals surface area contributed by atoms with Crippen LogP contribution in [-0.4, -0.2) is 15.0 Å². The molecule has 0 spiro atoms. The second-order valence-electron chi connectivity index (χ2n) is 3.92. The SMILES string of the molecule is C=CCCCC(C)(C=C(C)C)[Se]C. The van der Waals surface area contributed by atoms with Crippen LogP contribution in [0.15, 0.2) is 24.3 Å². The number of unbranched alkanes of at least 4 members (excludes halogenated alkanes) is 1. The average Bonchev–Trinajstić information content (AvgIpc) is 2.04. The molecule has 0 rings (SSSR count). The van der Waals surface area contributed by atoms with Crippen molar-refractivity contribution >= 4 is 15.0 Å². The number of hydrogen-bond donors (Lipinski definition) is 0. The number of allylic oxidation sites excluding steroid dienone is 3. The molecule has 0 saturated heterocycles. The van der Waals surface area contributed by atoms with Gasteiger partial charge >= 0.3 is 89.4 Å². The summed E-state index contributed by atoms with van der Waals surface area (Å²) in [6.07, 6.45) is 8.20. The van der Waals surface area contributed by atoms with E-state index in [0.717, 1.165) is 6.42 Å². The van der Waals surface area contributed by atoms with Crippen molar-refractivity contribution in [1.29, 1.82) is 0 Å². The van der Waals surface area contributed by atoms with E-state index in [1.807, 2.05) is 6.08 Å². The predicted molar refractivity (Wildman–Crippen MR) is 63.5 cm³/mol. The summed E-state index contributed by atoms with van der Waals surface area (Å²) in [5.74, 6) is 2.33. The Kier molecular flexibility index (Phi) is 6.45. The first-order valence-corrected chi connectivity index (χ1v) is 7.43. The van der Waals surface area contributed by atoms with Gasteiger partial charge in [-0.05, 0) is 0 Å². The molecule has 1 unspecified atom stereocenters. The molecule has 1 atom stereocenters. The van der Waals surface area contributed by atoms with Gasteiger partial charge in [0.2, 0.25) is 0 Å². The minimum absolute atomic E-state index is 0.467. The van der Waals surface area contributed by atoms with Gasteiger partial charge in [0.05, 0.1) is 0 Å². The Balaban J connectivity index is 4.11. The third-order valence-corrected chi connectivity index (χ3v) is 4.77. The van der Waals surface area contributed by atoms with Crippen molar-refractivity contribution in [3.05, 3.63) is 24.3 Å².